The number of anilines is 1. The average Bonchev–Trinajstić information content (AvgIpc) is 3.53. The van der Waals surface area contributed by atoms with E-state index >= 15 is 0 Å². The Morgan fingerprint density at radius 2 is 2.00 bits per heavy atom. The summed E-state index contributed by atoms with van der Waals surface area (Å²) in [5.74, 6) is 0.811. The van der Waals surface area contributed by atoms with Gasteiger partial charge in [0.2, 0.25) is 0 Å². The van der Waals surface area contributed by atoms with Gasteiger partial charge in [-0.25, -0.2) is 18.7 Å². The van der Waals surface area contributed by atoms with E-state index in [9.17, 15) is 14.0 Å². The summed E-state index contributed by atoms with van der Waals surface area (Å²) in [4.78, 5) is 24.9. The maximum atomic E-state index is 13.3. The Labute approximate surface area is 172 Å². The molecule has 0 bridgehead atoms. The number of carbonyl (C=O) groups is 1. The Balaban J connectivity index is 1.42. The maximum absolute atomic E-state index is 13.3. The molecule has 8 nitrogen and oxygen atoms in total. The summed E-state index contributed by atoms with van der Waals surface area (Å²) in [6.45, 7) is 0.443. The number of benzene rings is 2. The Kier molecular flexibility index (Phi) is 5.51. The van der Waals surface area contributed by atoms with E-state index in [0.29, 0.717) is 22.8 Å². The zero-order valence-corrected chi connectivity index (χ0v) is 16.5. The van der Waals surface area contributed by atoms with Gasteiger partial charge in [-0.15, -0.1) is 5.10 Å². The highest BCUT2D eigenvalue weighted by Crippen LogP contribution is 2.36. The van der Waals surface area contributed by atoms with Crippen LogP contribution in [0.2, 0.25) is 0 Å². The van der Waals surface area contributed by atoms with Gasteiger partial charge in [0.25, 0.3) is 0 Å². The van der Waals surface area contributed by atoms with E-state index in [-0.39, 0.29) is 30.6 Å². The predicted molar refractivity (Wildman–Crippen MR) is 110 cm³/mol. The molecule has 0 radical (unpaired) electrons. The van der Waals surface area contributed by atoms with Crippen molar-refractivity contribution in [2.45, 2.75) is 25.4 Å². The van der Waals surface area contributed by atoms with Gasteiger partial charge in [-0.3, -0.25) is 4.57 Å². The normalized spacial score (nSPS) is 13.1. The molecule has 156 valence electrons. The standard InChI is InChI=1S/C21H22FN5O3/c1-30-18-4-2-3-16(13-18)24-20(28)23-11-12-26-21(29)27(17-9-10-17)19(25-26)14-5-7-15(22)8-6-14/h2-8,13,17H,9-12H2,1H3,(H2,23,24,28). The number of aromatic nitrogens is 3. The van der Waals surface area contributed by atoms with E-state index in [1.165, 1.54) is 16.8 Å². The largest absolute Gasteiger partial charge is 0.497 e. The second-order valence-electron chi connectivity index (χ2n) is 7.05. The van der Waals surface area contributed by atoms with Crippen molar-refractivity contribution >= 4 is 11.7 Å². The average molecular weight is 411 g/mol. The van der Waals surface area contributed by atoms with E-state index in [2.05, 4.69) is 15.7 Å². The smallest absolute Gasteiger partial charge is 0.346 e. The van der Waals surface area contributed by atoms with Gasteiger partial charge in [0, 0.05) is 29.9 Å². The van der Waals surface area contributed by atoms with Crippen LogP contribution in [-0.4, -0.2) is 34.0 Å². The van der Waals surface area contributed by atoms with Crippen molar-refractivity contribution in [1.29, 1.82) is 0 Å². The summed E-state index contributed by atoms with van der Waals surface area (Å²) in [6, 6.07) is 12.7. The van der Waals surface area contributed by atoms with Gasteiger partial charge in [-0.1, -0.05) is 6.07 Å². The van der Waals surface area contributed by atoms with Gasteiger partial charge in [-0.05, 0) is 49.2 Å². The van der Waals surface area contributed by atoms with Crippen LogP contribution in [-0.2, 0) is 6.54 Å². The van der Waals surface area contributed by atoms with Crippen molar-refractivity contribution in [2.24, 2.45) is 0 Å². The topological polar surface area (TPSA) is 90.2 Å². The summed E-state index contributed by atoms with van der Waals surface area (Å²) in [5, 5.41) is 9.86. The molecule has 1 heterocycles. The van der Waals surface area contributed by atoms with Gasteiger partial charge >= 0.3 is 11.7 Å². The molecule has 0 saturated heterocycles. The molecule has 1 aliphatic carbocycles. The van der Waals surface area contributed by atoms with Crippen molar-refractivity contribution in [3.63, 3.8) is 0 Å². The summed E-state index contributed by atoms with van der Waals surface area (Å²) >= 11 is 0. The van der Waals surface area contributed by atoms with Crippen molar-refractivity contribution in [3.8, 4) is 17.1 Å². The van der Waals surface area contributed by atoms with Crippen molar-refractivity contribution < 1.29 is 13.9 Å². The first-order valence-corrected chi connectivity index (χ1v) is 9.69. The Morgan fingerprint density at radius 1 is 1.23 bits per heavy atom. The predicted octanol–water partition coefficient (Wildman–Crippen LogP) is 3.02. The number of carbonyl (C=O) groups excluding carboxylic acids is 1. The molecule has 1 fully saturated rings. The van der Waals surface area contributed by atoms with Crippen LogP contribution in [0.15, 0.2) is 53.3 Å². The molecule has 0 spiro atoms. The van der Waals surface area contributed by atoms with E-state index in [1.54, 1.807) is 48.1 Å². The SMILES string of the molecule is COc1cccc(NC(=O)NCCn2nc(-c3ccc(F)cc3)n(C3CC3)c2=O)c1. The molecule has 2 aromatic carbocycles. The number of urea groups is 1. The van der Waals surface area contributed by atoms with Crippen LogP contribution in [0.4, 0.5) is 14.9 Å². The molecular formula is C21H22FN5O3. The second kappa shape index (κ2) is 8.40. The van der Waals surface area contributed by atoms with Gasteiger partial charge in [0.15, 0.2) is 5.82 Å². The number of methoxy groups -OCH3 is 1. The third kappa shape index (κ3) is 4.35. The number of nitrogens with one attached hydrogen (secondary N) is 2. The maximum Gasteiger partial charge on any atom is 0.346 e. The van der Waals surface area contributed by atoms with Crippen LogP contribution < -0.4 is 21.1 Å². The van der Waals surface area contributed by atoms with Crippen LogP contribution >= 0.6 is 0 Å². The van der Waals surface area contributed by atoms with Gasteiger partial charge in [0.1, 0.15) is 11.6 Å². The minimum Gasteiger partial charge on any atom is -0.497 e. The van der Waals surface area contributed by atoms with E-state index in [4.69, 9.17) is 4.74 Å². The minimum atomic E-state index is -0.392. The number of hydrogen-bond donors (Lipinski definition) is 2. The zero-order chi connectivity index (χ0) is 21.1. The first-order valence-electron chi connectivity index (χ1n) is 9.69. The quantitative estimate of drug-likeness (QED) is 0.625. The minimum absolute atomic E-state index is 0.121. The van der Waals surface area contributed by atoms with Crippen LogP contribution in [0, 0.1) is 5.82 Å². The molecule has 4 rings (SSSR count). The summed E-state index contributed by atoms with van der Waals surface area (Å²) in [7, 11) is 1.55. The van der Waals surface area contributed by atoms with Crippen molar-refractivity contribution in [3.05, 3.63) is 64.8 Å². The lowest BCUT2D eigenvalue weighted by Crippen LogP contribution is -2.34. The first-order chi connectivity index (χ1) is 14.5. The molecule has 3 aromatic rings. The van der Waals surface area contributed by atoms with Crippen molar-refractivity contribution in [1.82, 2.24) is 19.7 Å². The van der Waals surface area contributed by atoms with E-state index in [0.717, 1.165) is 12.8 Å². The lowest BCUT2D eigenvalue weighted by Gasteiger charge is -2.08. The molecular weight excluding hydrogens is 389 g/mol. The fraction of sp³-hybridized carbons (Fsp3) is 0.286. The van der Waals surface area contributed by atoms with Crippen molar-refractivity contribution in [2.75, 3.05) is 19.0 Å². The Hall–Kier alpha value is -3.62. The summed E-state index contributed by atoms with van der Waals surface area (Å²) in [6.07, 6.45) is 1.84. The number of amides is 2. The first kappa shape index (κ1) is 19.7. The third-order valence-electron chi connectivity index (χ3n) is 4.82. The molecule has 1 saturated carbocycles. The van der Waals surface area contributed by atoms with E-state index in [1.807, 2.05) is 0 Å². The zero-order valence-electron chi connectivity index (χ0n) is 16.5. The molecule has 1 aliphatic rings. The lowest BCUT2D eigenvalue weighted by atomic mass is 10.2. The molecule has 9 heteroatoms. The molecule has 0 atom stereocenters. The fourth-order valence-electron chi connectivity index (χ4n) is 3.17. The monoisotopic (exact) mass is 411 g/mol. The van der Waals surface area contributed by atoms with Crippen LogP contribution in [0.1, 0.15) is 18.9 Å². The molecule has 2 amide bonds. The highest BCUT2D eigenvalue weighted by molar-refractivity contribution is 5.89. The molecule has 1 aromatic heterocycles. The highest BCUT2D eigenvalue weighted by Gasteiger charge is 2.30. The van der Waals surface area contributed by atoms with Crippen LogP contribution in [0.25, 0.3) is 11.4 Å². The Bertz CT molecular complexity index is 1100. The Morgan fingerprint density at radius 3 is 2.70 bits per heavy atom. The fourth-order valence-corrected chi connectivity index (χ4v) is 3.17. The number of hydrogen-bond acceptors (Lipinski definition) is 4. The molecule has 2 N–H and O–H groups in total. The van der Waals surface area contributed by atoms with Gasteiger partial charge in [-0.2, -0.15) is 0 Å². The number of nitrogens with zero attached hydrogens (tertiary/aromatic N) is 3. The highest BCUT2D eigenvalue weighted by atomic mass is 19.1. The van der Waals surface area contributed by atoms with Crippen LogP contribution in [0.3, 0.4) is 0 Å². The van der Waals surface area contributed by atoms with Gasteiger partial charge in [0.05, 0.1) is 13.7 Å². The van der Waals surface area contributed by atoms with Gasteiger partial charge < -0.3 is 15.4 Å². The molecule has 0 aliphatic heterocycles. The van der Waals surface area contributed by atoms with Crippen LogP contribution in [0.5, 0.6) is 5.75 Å². The van der Waals surface area contributed by atoms with E-state index < -0.39 is 6.03 Å². The molecule has 0 unspecified atom stereocenters. The lowest BCUT2D eigenvalue weighted by molar-refractivity contribution is 0.251. The number of rotatable bonds is 7. The summed E-state index contributed by atoms with van der Waals surface area (Å²) < 4.78 is 21.4. The summed E-state index contributed by atoms with van der Waals surface area (Å²) in [5.41, 5.74) is 1.05. The third-order valence-corrected chi connectivity index (χ3v) is 4.82. The number of ether oxygens (including phenoxy) is 1. The second-order valence-corrected chi connectivity index (χ2v) is 7.05. The number of halogens is 1. The molecule has 30 heavy (non-hydrogen) atoms.